The van der Waals surface area contributed by atoms with Crippen LogP contribution >= 0.6 is 0 Å². The summed E-state index contributed by atoms with van der Waals surface area (Å²) in [6.07, 6.45) is 2.08. The molecule has 170 valence electrons. The summed E-state index contributed by atoms with van der Waals surface area (Å²) < 4.78 is 10.3. The van der Waals surface area contributed by atoms with Crippen LogP contribution in [-0.4, -0.2) is 81.2 Å². The number of likely N-dealkylation sites (tertiary alicyclic amines) is 1. The zero-order chi connectivity index (χ0) is 22.5. The quantitative estimate of drug-likeness (QED) is 0.671. The van der Waals surface area contributed by atoms with Gasteiger partial charge in [-0.15, -0.1) is 0 Å². The maximum absolute atomic E-state index is 13.1. The molecule has 32 heavy (non-hydrogen) atoms. The lowest BCUT2D eigenvalue weighted by atomic mass is 10.0. The van der Waals surface area contributed by atoms with Gasteiger partial charge in [0.05, 0.1) is 25.5 Å². The summed E-state index contributed by atoms with van der Waals surface area (Å²) in [6, 6.07) is 15.3. The molecular formula is C25H31N3O4. The maximum Gasteiger partial charge on any atom is 0.337 e. The summed E-state index contributed by atoms with van der Waals surface area (Å²) in [5, 5.41) is 0. The number of ether oxygens (including phenoxy) is 2. The minimum atomic E-state index is -0.427. The molecule has 2 aliphatic heterocycles. The fourth-order valence-electron chi connectivity index (χ4n) is 4.74. The van der Waals surface area contributed by atoms with E-state index in [1.807, 2.05) is 23.1 Å². The number of amides is 1. The molecule has 1 amide bonds. The Morgan fingerprint density at radius 3 is 2.41 bits per heavy atom. The van der Waals surface area contributed by atoms with Crippen LogP contribution in [0.2, 0.25) is 0 Å². The minimum absolute atomic E-state index is 0.0203. The number of piperazine rings is 1. The van der Waals surface area contributed by atoms with Gasteiger partial charge in [-0.3, -0.25) is 9.69 Å². The number of anilines is 1. The summed E-state index contributed by atoms with van der Waals surface area (Å²) in [4.78, 5) is 31.8. The second-order valence-corrected chi connectivity index (χ2v) is 8.31. The van der Waals surface area contributed by atoms with E-state index in [1.165, 1.54) is 7.11 Å². The topological polar surface area (TPSA) is 62.3 Å². The summed E-state index contributed by atoms with van der Waals surface area (Å²) in [5.41, 5.74) is 2.08. The van der Waals surface area contributed by atoms with Crippen molar-refractivity contribution in [1.29, 1.82) is 0 Å². The van der Waals surface area contributed by atoms with E-state index in [0.717, 1.165) is 63.5 Å². The average Bonchev–Trinajstić information content (AvgIpc) is 2.88. The van der Waals surface area contributed by atoms with E-state index in [0.29, 0.717) is 17.2 Å². The monoisotopic (exact) mass is 437 g/mol. The van der Waals surface area contributed by atoms with Crippen LogP contribution in [0.3, 0.4) is 0 Å². The first-order valence-corrected chi connectivity index (χ1v) is 11.2. The van der Waals surface area contributed by atoms with Gasteiger partial charge in [0.2, 0.25) is 0 Å². The van der Waals surface area contributed by atoms with Gasteiger partial charge in [0.15, 0.2) is 0 Å². The van der Waals surface area contributed by atoms with E-state index in [1.54, 1.807) is 31.4 Å². The van der Waals surface area contributed by atoms with Gasteiger partial charge in [-0.05, 0) is 43.2 Å². The van der Waals surface area contributed by atoms with Crippen molar-refractivity contribution in [3.63, 3.8) is 0 Å². The van der Waals surface area contributed by atoms with Gasteiger partial charge in [-0.1, -0.05) is 18.2 Å². The van der Waals surface area contributed by atoms with Crippen molar-refractivity contribution in [2.24, 2.45) is 0 Å². The molecule has 0 N–H and O–H groups in total. The van der Waals surface area contributed by atoms with Crippen molar-refractivity contribution >= 4 is 17.6 Å². The van der Waals surface area contributed by atoms with Crippen LogP contribution in [-0.2, 0) is 4.74 Å². The first-order chi connectivity index (χ1) is 15.6. The Morgan fingerprint density at radius 2 is 1.66 bits per heavy atom. The van der Waals surface area contributed by atoms with Gasteiger partial charge >= 0.3 is 5.97 Å². The van der Waals surface area contributed by atoms with Crippen molar-refractivity contribution in [2.75, 3.05) is 58.4 Å². The van der Waals surface area contributed by atoms with Gasteiger partial charge in [0.1, 0.15) is 5.75 Å². The zero-order valence-electron chi connectivity index (χ0n) is 18.8. The van der Waals surface area contributed by atoms with Crippen LogP contribution in [0.15, 0.2) is 48.5 Å². The zero-order valence-corrected chi connectivity index (χ0v) is 18.8. The van der Waals surface area contributed by atoms with Crippen LogP contribution in [0.1, 0.15) is 33.6 Å². The number of esters is 1. The molecule has 0 aliphatic carbocycles. The Bertz CT molecular complexity index is 956. The molecule has 0 bridgehead atoms. The normalized spacial score (nSPS) is 19.5. The number of benzene rings is 2. The van der Waals surface area contributed by atoms with E-state index in [4.69, 9.17) is 9.47 Å². The highest BCUT2D eigenvalue weighted by Crippen LogP contribution is 2.29. The van der Waals surface area contributed by atoms with E-state index >= 15 is 0 Å². The molecule has 2 heterocycles. The number of hydrogen-bond acceptors (Lipinski definition) is 6. The predicted octanol–water partition coefficient (Wildman–Crippen LogP) is 2.91. The lowest BCUT2D eigenvalue weighted by Crippen LogP contribution is -2.55. The summed E-state index contributed by atoms with van der Waals surface area (Å²) in [5.74, 6) is 0.460. The summed E-state index contributed by atoms with van der Waals surface area (Å²) in [6.45, 7) is 5.26. The highest BCUT2D eigenvalue weighted by atomic mass is 16.5. The van der Waals surface area contributed by atoms with Gasteiger partial charge < -0.3 is 19.3 Å². The molecule has 0 radical (unpaired) electrons. The number of carbonyl (C=O) groups is 2. The van der Waals surface area contributed by atoms with Crippen molar-refractivity contribution in [2.45, 2.75) is 18.9 Å². The van der Waals surface area contributed by atoms with E-state index in [9.17, 15) is 9.59 Å². The molecule has 0 unspecified atom stereocenters. The SMILES string of the molecule is COC(=O)c1cccc(C(=O)N2CCC[C@@H](N3CCN(c4ccccc4OC)CC3)C2)c1. The van der Waals surface area contributed by atoms with Crippen molar-refractivity contribution in [3.05, 3.63) is 59.7 Å². The van der Waals surface area contributed by atoms with Crippen LogP contribution in [0, 0.1) is 0 Å². The predicted molar refractivity (Wildman–Crippen MR) is 123 cm³/mol. The summed E-state index contributed by atoms with van der Waals surface area (Å²) in [7, 11) is 3.06. The first kappa shape index (κ1) is 22.1. The first-order valence-electron chi connectivity index (χ1n) is 11.2. The molecule has 2 aromatic rings. The Morgan fingerprint density at radius 1 is 0.906 bits per heavy atom. The highest BCUT2D eigenvalue weighted by molar-refractivity contribution is 5.98. The molecule has 7 nitrogen and oxygen atoms in total. The molecule has 4 rings (SSSR count). The molecule has 0 spiro atoms. The molecule has 0 saturated carbocycles. The van der Waals surface area contributed by atoms with Crippen LogP contribution < -0.4 is 9.64 Å². The third-order valence-corrected chi connectivity index (χ3v) is 6.47. The second kappa shape index (κ2) is 10.0. The fraction of sp³-hybridized carbons (Fsp3) is 0.440. The van der Waals surface area contributed by atoms with Gasteiger partial charge in [-0.2, -0.15) is 0 Å². The summed E-state index contributed by atoms with van der Waals surface area (Å²) >= 11 is 0. The number of hydrogen-bond donors (Lipinski definition) is 0. The van der Waals surface area contributed by atoms with Gasteiger partial charge in [0.25, 0.3) is 5.91 Å². The maximum atomic E-state index is 13.1. The molecule has 2 aromatic carbocycles. The van der Waals surface area contributed by atoms with Crippen molar-refractivity contribution < 1.29 is 19.1 Å². The van der Waals surface area contributed by atoms with E-state index in [-0.39, 0.29) is 5.91 Å². The third-order valence-electron chi connectivity index (χ3n) is 6.47. The lowest BCUT2D eigenvalue weighted by Gasteiger charge is -2.44. The average molecular weight is 438 g/mol. The van der Waals surface area contributed by atoms with E-state index < -0.39 is 5.97 Å². The molecule has 1 atom stereocenters. The molecule has 2 fully saturated rings. The minimum Gasteiger partial charge on any atom is -0.495 e. The lowest BCUT2D eigenvalue weighted by molar-refractivity contribution is 0.0563. The van der Waals surface area contributed by atoms with Crippen molar-refractivity contribution in [3.8, 4) is 5.75 Å². The van der Waals surface area contributed by atoms with Crippen LogP contribution in [0.5, 0.6) is 5.75 Å². The van der Waals surface area contributed by atoms with E-state index in [2.05, 4.69) is 15.9 Å². The van der Waals surface area contributed by atoms with Crippen molar-refractivity contribution in [1.82, 2.24) is 9.80 Å². The van der Waals surface area contributed by atoms with Gasteiger partial charge in [-0.25, -0.2) is 4.79 Å². The standard InChI is InChI=1S/C25H31N3O4/c1-31-23-11-4-3-10-22(23)27-15-13-26(14-16-27)21-9-6-12-28(18-21)24(29)19-7-5-8-20(17-19)25(30)32-2/h3-5,7-8,10-11,17,21H,6,9,12-16,18H2,1-2H3/t21-/m1/s1. The number of piperidine rings is 1. The second-order valence-electron chi connectivity index (χ2n) is 8.31. The molecule has 2 aliphatic rings. The largest absolute Gasteiger partial charge is 0.495 e. The molecular weight excluding hydrogens is 406 g/mol. The number of carbonyl (C=O) groups excluding carboxylic acids is 2. The molecule has 0 aromatic heterocycles. The highest BCUT2D eigenvalue weighted by Gasteiger charge is 2.31. The van der Waals surface area contributed by atoms with Crippen LogP contribution in [0.25, 0.3) is 0 Å². The number of rotatable bonds is 5. The smallest absolute Gasteiger partial charge is 0.337 e. The third kappa shape index (κ3) is 4.72. The molecule has 7 heteroatoms. The number of methoxy groups -OCH3 is 2. The fourth-order valence-corrected chi connectivity index (χ4v) is 4.74. The Hall–Kier alpha value is -3.06. The van der Waals surface area contributed by atoms with Crippen LogP contribution in [0.4, 0.5) is 5.69 Å². The Labute approximate surface area is 189 Å². The number of nitrogens with zero attached hydrogens (tertiary/aromatic N) is 3. The Balaban J connectivity index is 1.37. The molecule has 2 saturated heterocycles. The Kier molecular flexibility index (Phi) is 6.95. The number of para-hydroxylation sites is 2. The van der Waals surface area contributed by atoms with Gasteiger partial charge in [0, 0.05) is 50.9 Å².